The zero-order valence-electron chi connectivity index (χ0n) is 9.79. The maximum atomic E-state index is 11.7. The highest BCUT2D eigenvalue weighted by Crippen LogP contribution is 2.33. The van der Waals surface area contributed by atoms with Crippen molar-refractivity contribution in [2.75, 3.05) is 10.8 Å². The van der Waals surface area contributed by atoms with Gasteiger partial charge in [-0.05, 0) is 30.3 Å². The van der Waals surface area contributed by atoms with Crippen molar-refractivity contribution in [2.45, 2.75) is 0 Å². The van der Waals surface area contributed by atoms with Crippen LogP contribution in [0.2, 0.25) is 0 Å². The first kappa shape index (κ1) is 11.8. The van der Waals surface area contributed by atoms with Crippen LogP contribution >= 0.6 is 0 Å². The number of carbonyl (C=O) groups excluding carboxylic acids is 1. The summed E-state index contributed by atoms with van der Waals surface area (Å²) in [6.45, 7) is -0.0334. The highest BCUT2D eigenvalue weighted by atomic mass is 32.2. The van der Waals surface area contributed by atoms with Crippen molar-refractivity contribution >= 4 is 22.8 Å². The number of nitrogens with one attached hydrogen (secondary N) is 2. The van der Waals surface area contributed by atoms with E-state index < -0.39 is 11.2 Å². The Labute approximate surface area is 111 Å². The van der Waals surface area contributed by atoms with E-state index in [0.29, 0.717) is 5.69 Å². The van der Waals surface area contributed by atoms with Gasteiger partial charge in [0, 0.05) is 17.5 Å². The van der Waals surface area contributed by atoms with Gasteiger partial charge in [-0.2, -0.15) is 0 Å². The van der Waals surface area contributed by atoms with E-state index in [1.807, 2.05) is 12.1 Å². The number of aromatic hydroxyl groups is 1. The molecule has 7 heteroatoms. The fraction of sp³-hybridized carbons (Fsp3) is 0.0833. The van der Waals surface area contributed by atoms with E-state index >= 15 is 0 Å². The van der Waals surface area contributed by atoms with Crippen molar-refractivity contribution in [1.82, 2.24) is 9.71 Å². The summed E-state index contributed by atoms with van der Waals surface area (Å²) < 4.78 is 15.3. The first-order valence-corrected chi connectivity index (χ1v) is 6.71. The summed E-state index contributed by atoms with van der Waals surface area (Å²) in [7, 11) is 0. The quantitative estimate of drug-likeness (QED) is 0.762. The second kappa shape index (κ2) is 4.43. The van der Waals surface area contributed by atoms with Gasteiger partial charge in [0.1, 0.15) is 12.3 Å². The number of carbonyl (C=O) groups is 1. The van der Waals surface area contributed by atoms with Gasteiger partial charge in [-0.25, -0.2) is 4.21 Å². The van der Waals surface area contributed by atoms with E-state index in [9.17, 15) is 14.1 Å². The Hall–Kier alpha value is -2.28. The average molecular weight is 277 g/mol. The second-order valence-corrected chi connectivity index (χ2v) is 5.24. The molecule has 1 atom stereocenters. The molecule has 1 fully saturated rings. The van der Waals surface area contributed by atoms with Crippen LogP contribution in [-0.2, 0) is 16.0 Å². The molecule has 2 heterocycles. The zero-order valence-corrected chi connectivity index (χ0v) is 10.6. The number of aromatic nitrogens is 1. The molecule has 2 aromatic rings. The van der Waals surface area contributed by atoms with E-state index in [0.717, 1.165) is 11.3 Å². The molecule has 98 valence electrons. The van der Waals surface area contributed by atoms with Crippen molar-refractivity contribution < 1.29 is 14.1 Å². The SMILES string of the molecule is O=C1CN(c2cc(-c3ccc[nH]3)ccc2O)S(=O)N1. The minimum absolute atomic E-state index is 0.0137. The van der Waals surface area contributed by atoms with Crippen molar-refractivity contribution in [3.63, 3.8) is 0 Å². The Bertz CT molecular complexity index is 654. The molecule has 6 nitrogen and oxygen atoms in total. The van der Waals surface area contributed by atoms with Gasteiger partial charge in [0.25, 0.3) is 5.91 Å². The molecule has 1 aromatic heterocycles. The molecule has 1 amide bonds. The summed E-state index contributed by atoms with van der Waals surface area (Å²) in [5.41, 5.74) is 2.09. The number of anilines is 1. The molecule has 3 rings (SSSR count). The highest BCUT2D eigenvalue weighted by molar-refractivity contribution is 7.85. The molecule has 0 bridgehead atoms. The molecule has 1 aliphatic heterocycles. The molecule has 0 radical (unpaired) electrons. The van der Waals surface area contributed by atoms with Crippen molar-refractivity contribution in [2.24, 2.45) is 0 Å². The molecule has 19 heavy (non-hydrogen) atoms. The molecule has 1 aromatic carbocycles. The van der Waals surface area contributed by atoms with Gasteiger partial charge in [0.2, 0.25) is 11.2 Å². The summed E-state index contributed by atoms with van der Waals surface area (Å²) in [6, 6.07) is 8.71. The van der Waals surface area contributed by atoms with E-state index in [1.165, 1.54) is 10.4 Å². The summed E-state index contributed by atoms with van der Waals surface area (Å²) in [5, 5.41) is 9.87. The molecular formula is C12H11N3O3S. The van der Waals surface area contributed by atoms with Gasteiger partial charge >= 0.3 is 0 Å². The molecule has 0 spiro atoms. The fourth-order valence-electron chi connectivity index (χ4n) is 1.95. The van der Waals surface area contributed by atoms with Crippen LogP contribution in [0.25, 0.3) is 11.3 Å². The Balaban J connectivity index is 2.04. The second-order valence-electron chi connectivity index (χ2n) is 4.10. The van der Waals surface area contributed by atoms with E-state index in [2.05, 4.69) is 9.71 Å². The smallest absolute Gasteiger partial charge is 0.253 e. The predicted octanol–water partition coefficient (Wildman–Crippen LogP) is 0.902. The molecule has 0 saturated carbocycles. The Morgan fingerprint density at radius 1 is 1.32 bits per heavy atom. The number of rotatable bonds is 2. The first-order valence-electron chi connectivity index (χ1n) is 5.61. The molecule has 1 saturated heterocycles. The van der Waals surface area contributed by atoms with Crippen LogP contribution in [-0.4, -0.2) is 26.8 Å². The van der Waals surface area contributed by atoms with Crippen molar-refractivity contribution in [1.29, 1.82) is 0 Å². The van der Waals surface area contributed by atoms with E-state index in [1.54, 1.807) is 18.3 Å². The summed E-state index contributed by atoms with van der Waals surface area (Å²) in [4.78, 5) is 14.3. The molecule has 1 unspecified atom stereocenters. The molecule has 1 aliphatic rings. The van der Waals surface area contributed by atoms with Crippen molar-refractivity contribution in [3.8, 4) is 17.0 Å². The monoisotopic (exact) mass is 277 g/mol. The largest absolute Gasteiger partial charge is 0.506 e. The summed E-state index contributed by atoms with van der Waals surface area (Å²) >= 11 is -1.64. The number of benzene rings is 1. The lowest BCUT2D eigenvalue weighted by atomic mass is 10.1. The molecule has 0 aliphatic carbocycles. The van der Waals surface area contributed by atoms with Gasteiger partial charge < -0.3 is 10.1 Å². The highest BCUT2D eigenvalue weighted by Gasteiger charge is 2.28. The van der Waals surface area contributed by atoms with Crippen LogP contribution in [0.1, 0.15) is 0 Å². The van der Waals surface area contributed by atoms with Gasteiger partial charge in [-0.1, -0.05) is 0 Å². The number of aromatic amines is 1. The number of phenolic OH excluding ortho intramolecular Hbond substituents is 1. The zero-order chi connectivity index (χ0) is 13.4. The molecular weight excluding hydrogens is 266 g/mol. The predicted molar refractivity (Wildman–Crippen MR) is 71.5 cm³/mol. The Morgan fingerprint density at radius 2 is 2.16 bits per heavy atom. The third-order valence-electron chi connectivity index (χ3n) is 2.84. The minimum atomic E-state index is -1.64. The molecule has 3 N–H and O–H groups in total. The number of hydrogen-bond acceptors (Lipinski definition) is 3. The fourth-order valence-corrected chi connectivity index (χ4v) is 2.88. The minimum Gasteiger partial charge on any atom is -0.506 e. The van der Waals surface area contributed by atoms with E-state index in [4.69, 9.17) is 0 Å². The maximum Gasteiger partial charge on any atom is 0.253 e. The number of nitrogens with zero attached hydrogens (tertiary/aromatic N) is 1. The van der Waals surface area contributed by atoms with Crippen LogP contribution in [0.15, 0.2) is 36.5 Å². The number of phenols is 1. The number of amides is 1. The van der Waals surface area contributed by atoms with Crippen molar-refractivity contribution in [3.05, 3.63) is 36.5 Å². The maximum absolute atomic E-state index is 11.7. The lowest BCUT2D eigenvalue weighted by Gasteiger charge is -2.16. The summed E-state index contributed by atoms with van der Waals surface area (Å²) in [6.07, 6.45) is 1.79. The van der Waals surface area contributed by atoms with Crippen LogP contribution in [0.3, 0.4) is 0 Å². The third kappa shape index (κ3) is 2.08. The average Bonchev–Trinajstić information content (AvgIpc) is 3.00. The third-order valence-corrected chi connectivity index (χ3v) is 3.97. The number of H-pyrrole nitrogens is 1. The van der Waals surface area contributed by atoms with Crippen LogP contribution in [0, 0.1) is 0 Å². The Kier molecular flexibility index (Phi) is 2.75. The van der Waals surface area contributed by atoms with Crippen LogP contribution in [0.5, 0.6) is 5.75 Å². The number of hydrogen-bond donors (Lipinski definition) is 3. The topological polar surface area (TPSA) is 85.4 Å². The standard InChI is InChI=1S/C12H11N3O3S/c16-11-4-3-8(9-2-1-5-13-9)6-10(11)15-7-12(17)14-19(15)18/h1-6,13,16H,7H2,(H,14,17). The van der Waals surface area contributed by atoms with Gasteiger partial charge in [-0.3, -0.25) is 13.8 Å². The van der Waals surface area contributed by atoms with Gasteiger partial charge in [-0.15, -0.1) is 0 Å². The van der Waals surface area contributed by atoms with Gasteiger partial charge in [0.15, 0.2) is 0 Å². The Morgan fingerprint density at radius 3 is 2.79 bits per heavy atom. The lowest BCUT2D eigenvalue weighted by molar-refractivity contribution is -0.117. The van der Waals surface area contributed by atoms with Gasteiger partial charge in [0.05, 0.1) is 5.69 Å². The first-order chi connectivity index (χ1) is 9.15. The normalized spacial score (nSPS) is 18.6. The lowest BCUT2D eigenvalue weighted by Crippen LogP contribution is -2.22. The van der Waals surface area contributed by atoms with Crippen LogP contribution in [0.4, 0.5) is 5.69 Å². The van der Waals surface area contributed by atoms with Crippen LogP contribution < -0.4 is 9.03 Å². The van der Waals surface area contributed by atoms with E-state index in [-0.39, 0.29) is 18.2 Å². The summed E-state index contributed by atoms with van der Waals surface area (Å²) in [5.74, 6) is -0.344.